The Labute approximate surface area is 127 Å². The number of nitrogens with zero attached hydrogens (tertiary/aromatic N) is 1. The minimum Gasteiger partial charge on any atom is -0.373 e. The number of aromatic nitrogens is 1. The molecule has 0 aliphatic heterocycles. The van der Waals surface area contributed by atoms with Crippen LogP contribution in [0.15, 0.2) is 23.2 Å². The van der Waals surface area contributed by atoms with Gasteiger partial charge in [-0.15, -0.1) is 0 Å². The fourth-order valence-electron chi connectivity index (χ4n) is 2.79. The summed E-state index contributed by atoms with van der Waals surface area (Å²) < 4.78 is 27.0. The first kappa shape index (κ1) is 16.2. The van der Waals surface area contributed by atoms with Gasteiger partial charge in [-0.25, -0.2) is 18.1 Å². The van der Waals surface area contributed by atoms with E-state index in [1.807, 2.05) is 0 Å². The van der Waals surface area contributed by atoms with E-state index in [9.17, 15) is 8.42 Å². The summed E-state index contributed by atoms with van der Waals surface area (Å²) in [5, 5.41) is 2.87. The van der Waals surface area contributed by atoms with E-state index in [4.69, 9.17) is 0 Å². The maximum absolute atomic E-state index is 12.2. The first-order valence-electron chi connectivity index (χ1n) is 7.64. The number of sulfonamides is 1. The first-order valence-corrected chi connectivity index (χ1v) is 9.13. The molecule has 2 N–H and O–H groups in total. The van der Waals surface area contributed by atoms with Gasteiger partial charge in [-0.1, -0.05) is 32.6 Å². The molecule has 0 aromatic carbocycles. The maximum Gasteiger partial charge on any atom is 0.242 e. The lowest BCUT2D eigenvalue weighted by Crippen LogP contribution is -2.27. The van der Waals surface area contributed by atoms with Gasteiger partial charge in [0.05, 0.1) is 0 Å². The molecule has 0 unspecified atom stereocenters. The Balaban J connectivity index is 1.83. The van der Waals surface area contributed by atoms with Gasteiger partial charge in [-0.05, 0) is 30.4 Å². The number of hydrogen-bond donors (Lipinski definition) is 2. The van der Waals surface area contributed by atoms with Gasteiger partial charge in [-0.3, -0.25) is 0 Å². The van der Waals surface area contributed by atoms with Crippen LogP contribution in [0.3, 0.4) is 0 Å². The SMILES string of the molecule is CNc1ccc(S(=O)(=O)NCCC2CCC(C)CC2)cn1. The van der Waals surface area contributed by atoms with Crippen LogP contribution in [0.4, 0.5) is 5.82 Å². The molecule has 2 rings (SSSR count). The Morgan fingerprint density at radius 2 is 1.95 bits per heavy atom. The van der Waals surface area contributed by atoms with Crippen molar-refractivity contribution in [3.05, 3.63) is 18.3 Å². The Hall–Kier alpha value is -1.14. The molecule has 118 valence electrons. The molecule has 0 saturated heterocycles. The number of nitrogens with one attached hydrogen (secondary N) is 2. The lowest BCUT2D eigenvalue weighted by Gasteiger charge is -2.26. The Morgan fingerprint density at radius 1 is 1.24 bits per heavy atom. The first-order chi connectivity index (χ1) is 10.0. The van der Waals surface area contributed by atoms with E-state index >= 15 is 0 Å². The van der Waals surface area contributed by atoms with Crippen molar-refractivity contribution < 1.29 is 8.42 Å². The van der Waals surface area contributed by atoms with Crippen molar-refractivity contribution in [1.29, 1.82) is 0 Å². The van der Waals surface area contributed by atoms with E-state index in [0.29, 0.717) is 18.3 Å². The minimum absolute atomic E-state index is 0.221. The fraction of sp³-hybridized carbons (Fsp3) is 0.667. The van der Waals surface area contributed by atoms with Gasteiger partial charge in [0.15, 0.2) is 0 Å². The second-order valence-electron chi connectivity index (χ2n) is 5.94. The van der Waals surface area contributed by atoms with E-state index in [2.05, 4.69) is 21.9 Å². The Bertz CT molecular complexity index is 535. The van der Waals surface area contributed by atoms with E-state index < -0.39 is 10.0 Å². The molecule has 21 heavy (non-hydrogen) atoms. The largest absolute Gasteiger partial charge is 0.373 e. The highest BCUT2D eigenvalue weighted by Gasteiger charge is 2.19. The minimum atomic E-state index is -3.44. The molecule has 5 nitrogen and oxygen atoms in total. The van der Waals surface area contributed by atoms with Crippen molar-refractivity contribution in [1.82, 2.24) is 9.71 Å². The molecular weight excluding hydrogens is 286 g/mol. The van der Waals surface area contributed by atoms with Gasteiger partial charge in [0.1, 0.15) is 10.7 Å². The molecular formula is C15H25N3O2S. The third-order valence-electron chi connectivity index (χ3n) is 4.28. The molecule has 1 fully saturated rings. The quantitative estimate of drug-likeness (QED) is 0.847. The van der Waals surface area contributed by atoms with Crippen LogP contribution in [0.5, 0.6) is 0 Å². The molecule has 1 saturated carbocycles. The summed E-state index contributed by atoms with van der Waals surface area (Å²) in [5.41, 5.74) is 0. The average molecular weight is 311 g/mol. The van der Waals surface area contributed by atoms with Crippen LogP contribution in [-0.4, -0.2) is 27.0 Å². The molecule has 0 bridgehead atoms. The Kier molecular flexibility index (Phi) is 5.58. The summed E-state index contributed by atoms with van der Waals surface area (Å²) in [6.45, 7) is 2.80. The number of rotatable bonds is 6. The zero-order valence-corrected chi connectivity index (χ0v) is 13.6. The van der Waals surface area contributed by atoms with Crippen molar-refractivity contribution in [3.8, 4) is 0 Å². The highest BCUT2D eigenvalue weighted by molar-refractivity contribution is 7.89. The van der Waals surface area contributed by atoms with Crippen molar-refractivity contribution in [3.63, 3.8) is 0 Å². The van der Waals surface area contributed by atoms with Crippen LogP contribution < -0.4 is 10.0 Å². The van der Waals surface area contributed by atoms with Crippen LogP contribution in [0.2, 0.25) is 0 Å². The molecule has 0 spiro atoms. The van der Waals surface area contributed by atoms with E-state index in [1.165, 1.54) is 31.9 Å². The summed E-state index contributed by atoms with van der Waals surface area (Å²) in [6.07, 6.45) is 7.30. The third kappa shape index (κ3) is 4.68. The van der Waals surface area contributed by atoms with Gasteiger partial charge in [0.2, 0.25) is 10.0 Å². The number of anilines is 1. The second-order valence-corrected chi connectivity index (χ2v) is 7.71. The smallest absolute Gasteiger partial charge is 0.242 e. The van der Waals surface area contributed by atoms with Gasteiger partial charge in [0.25, 0.3) is 0 Å². The summed E-state index contributed by atoms with van der Waals surface area (Å²) in [6, 6.07) is 3.24. The zero-order chi connectivity index (χ0) is 15.3. The zero-order valence-electron chi connectivity index (χ0n) is 12.8. The topological polar surface area (TPSA) is 71.1 Å². The van der Waals surface area contributed by atoms with Gasteiger partial charge in [-0.2, -0.15) is 0 Å². The van der Waals surface area contributed by atoms with E-state index in [0.717, 1.165) is 12.3 Å². The molecule has 0 amide bonds. The van der Waals surface area contributed by atoms with Gasteiger partial charge >= 0.3 is 0 Å². The fourth-order valence-corrected chi connectivity index (χ4v) is 3.78. The number of hydrogen-bond acceptors (Lipinski definition) is 4. The summed E-state index contributed by atoms with van der Waals surface area (Å²) >= 11 is 0. The van der Waals surface area contributed by atoms with Crippen LogP contribution in [0.25, 0.3) is 0 Å². The van der Waals surface area contributed by atoms with Crippen LogP contribution in [-0.2, 0) is 10.0 Å². The molecule has 6 heteroatoms. The molecule has 1 heterocycles. The average Bonchev–Trinajstić information content (AvgIpc) is 2.49. The van der Waals surface area contributed by atoms with Crippen molar-refractivity contribution in [2.24, 2.45) is 11.8 Å². The van der Waals surface area contributed by atoms with E-state index in [1.54, 1.807) is 19.2 Å². The van der Waals surface area contributed by atoms with Crippen LogP contribution in [0.1, 0.15) is 39.0 Å². The Morgan fingerprint density at radius 3 is 2.52 bits per heavy atom. The monoisotopic (exact) mass is 311 g/mol. The standard InChI is InChI=1S/C15H25N3O2S/c1-12-3-5-13(6-4-12)9-10-18-21(19,20)14-7-8-15(16-2)17-11-14/h7-8,11-13,18H,3-6,9-10H2,1-2H3,(H,16,17). The summed E-state index contributed by atoms with van der Waals surface area (Å²) in [7, 11) is -1.69. The summed E-state index contributed by atoms with van der Waals surface area (Å²) in [4.78, 5) is 4.26. The van der Waals surface area contributed by atoms with Crippen molar-refractivity contribution >= 4 is 15.8 Å². The van der Waals surface area contributed by atoms with Gasteiger partial charge < -0.3 is 5.32 Å². The third-order valence-corrected chi connectivity index (χ3v) is 5.73. The van der Waals surface area contributed by atoms with Crippen molar-refractivity contribution in [2.45, 2.75) is 43.9 Å². The predicted octanol–water partition coefficient (Wildman–Crippen LogP) is 2.62. The predicted molar refractivity (Wildman–Crippen MR) is 84.7 cm³/mol. The summed E-state index contributed by atoms with van der Waals surface area (Å²) in [5.74, 6) is 2.15. The molecule has 1 aromatic rings. The normalized spacial score (nSPS) is 23.0. The van der Waals surface area contributed by atoms with Gasteiger partial charge in [0, 0.05) is 19.8 Å². The molecule has 1 aliphatic carbocycles. The van der Waals surface area contributed by atoms with Crippen molar-refractivity contribution in [2.75, 3.05) is 18.9 Å². The molecule has 1 aliphatic rings. The lowest BCUT2D eigenvalue weighted by molar-refractivity contribution is 0.278. The molecule has 1 aromatic heterocycles. The maximum atomic E-state index is 12.2. The molecule has 0 atom stereocenters. The highest BCUT2D eigenvalue weighted by Crippen LogP contribution is 2.30. The lowest BCUT2D eigenvalue weighted by atomic mass is 9.81. The number of pyridine rings is 1. The molecule has 0 radical (unpaired) electrons. The highest BCUT2D eigenvalue weighted by atomic mass is 32.2. The van der Waals surface area contributed by atoms with Crippen LogP contribution in [0, 0.1) is 11.8 Å². The van der Waals surface area contributed by atoms with Crippen LogP contribution >= 0.6 is 0 Å². The van der Waals surface area contributed by atoms with E-state index in [-0.39, 0.29) is 4.90 Å². The second kappa shape index (κ2) is 7.22.